The van der Waals surface area contributed by atoms with Crippen LogP contribution in [0, 0.1) is 5.41 Å². The molecule has 1 saturated heterocycles. The Kier molecular flexibility index (Phi) is 1.38. The Morgan fingerprint density at radius 3 is 2.56 bits per heavy atom. The highest BCUT2D eigenvalue weighted by Crippen LogP contribution is 2.21. The maximum absolute atomic E-state index is 12.2. The molecular weight excluding hydrogens is 126 g/mol. The summed E-state index contributed by atoms with van der Waals surface area (Å²) in [5.41, 5.74) is 0. The highest BCUT2D eigenvalue weighted by atomic mass is 19.3. The number of piperidine rings is 1. The quantitative estimate of drug-likeness (QED) is 0.509. The number of alkyl halides is 2. The average molecular weight is 134 g/mol. The van der Waals surface area contributed by atoms with Gasteiger partial charge in [-0.15, -0.1) is 0 Å². The van der Waals surface area contributed by atoms with Gasteiger partial charge in [0.05, 0.1) is 12.4 Å². The first kappa shape index (κ1) is 6.45. The van der Waals surface area contributed by atoms with Crippen molar-refractivity contribution in [2.24, 2.45) is 0 Å². The van der Waals surface area contributed by atoms with Crippen molar-refractivity contribution < 1.29 is 8.78 Å². The molecule has 1 aliphatic heterocycles. The summed E-state index contributed by atoms with van der Waals surface area (Å²) in [6, 6.07) is 0. The predicted octanol–water partition coefficient (Wildman–Crippen LogP) is 0.982. The van der Waals surface area contributed by atoms with Gasteiger partial charge >= 0.3 is 0 Å². The van der Waals surface area contributed by atoms with Gasteiger partial charge in [0.2, 0.25) is 0 Å². The van der Waals surface area contributed by atoms with Crippen LogP contribution < -0.4 is 5.32 Å². The first-order valence-corrected chi connectivity index (χ1v) is 2.79. The highest BCUT2D eigenvalue weighted by Gasteiger charge is 2.32. The van der Waals surface area contributed by atoms with Gasteiger partial charge in [0.15, 0.2) is 0 Å². The first-order valence-electron chi connectivity index (χ1n) is 2.79. The minimum absolute atomic E-state index is 0.174. The predicted molar refractivity (Wildman–Crippen MR) is 29.9 cm³/mol. The van der Waals surface area contributed by atoms with Crippen LogP contribution in [0.5, 0.6) is 0 Å². The second-order valence-corrected chi connectivity index (χ2v) is 2.19. The minimum Gasteiger partial charge on any atom is -0.368 e. The van der Waals surface area contributed by atoms with Crippen molar-refractivity contribution in [1.82, 2.24) is 5.32 Å². The van der Waals surface area contributed by atoms with Crippen molar-refractivity contribution in [1.29, 1.82) is 5.41 Å². The molecule has 0 radical (unpaired) electrons. The molecule has 0 unspecified atom stereocenters. The Balaban J connectivity index is 2.44. The summed E-state index contributed by atoms with van der Waals surface area (Å²) in [4.78, 5) is 0. The lowest BCUT2D eigenvalue weighted by Crippen LogP contribution is -2.41. The fraction of sp³-hybridized carbons (Fsp3) is 0.800. The van der Waals surface area contributed by atoms with Crippen molar-refractivity contribution in [2.45, 2.75) is 18.8 Å². The van der Waals surface area contributed by atoms with Crippen LogP contribution in [0.3, 0.4) is 0 Å². The molecule has 1 rings (SSSR count). The third-order valence-corrected chi connectivity index (χ3v) is 1.30. The van der Waals surface area contributed by atoms with Crippen molar-refractivity contribution in [3.63, 3.8) is 0 Å². The normalized spacial score (nSPS) is 25.3. The molecule has 0 spiro atoms. The fourth-order valence-electron chi connectivity index (χ4n) is 0.721. The van der Waals surface area contributed by atoms with E-state index in [9.17, 15) is 8.78 Å². The number of hydrogen-bond donors (Lipinski definition) is 2. The second-order valence-electron chi connectivity index (χ2n) is 2.19. The molecule has 0 atom stereocenters. The maximum Gasteiger partial charge on any atom is 0.265 e. The van der Waals surface area contributed by atoms with Crippen LogP contribution >= 0.6 is 0 Å². The molecule has 9 heavy (non-hydrogen) atoms. The van der Waals surface area contributed by atoms with Gasteiger partial charge in [-0.3, -0.25) is 5.41 Å². The van der Waals surface area contributed by atoms with E-state index in [-0.39, 0.29) is 25.2 Å². The van der Waals surface area contributed by atoms with Gasteiger partial charge in [0, 0.05) is 12.8 Å². The van der Waals surface area contributed by atoms with Crippen LogP contribution in [0.4, 0.5) is 8.78 Å². The van der Waals surface area contributed by atoms with Gasteiger partial charge in [-0.2, -0.15) is 0 Å². The van der Waals surface area contributed by atoms with Gasteiger partial charge < -0.3 is 5.32 Å². The van der Waals surface area contributed by atoms with E-state index in [4.69, 9.17) is 5.41 Å². The summed E-state index contributed by atoms with van der Waals surface area (Å²) in [5, 5.41) is 9.23. The average Bonchev–Trinajstić information content (AvgIpc) is 1.78. The molecule has 0 aliphatic carbocycles. The van der Waals surface area contributed by atoms with Crippen LogP contribution in [0.25, 0.3) is 0 Å². The van der Waals surface area contributed by atoms with E-state index in [1.54, 1.807) is 0 Å². The topological polar surface area (TPSA) is 35.9 Å². The summed E-state index contributed by atoms with van der Waals surface area (Å²) in [7, 11) is 0. The van der Waals surface area contributed by atoms with Gasteiger partial charge in [0.1, 0.15) is 0 Å². The van der Waals surface area contributed by atoms with Crippen LogP contribution in [-0.4, -0.2) is 18.3 Å². The Bertz CT molecular complexity index is 121. The minimum atomic E-state index is -2.59. The lowest BCUT2D eigenvalue weighted by molar-refractivity contribution is -0.00696. The number of halogens is 2. The molecule has 1 fully saturated rings. The van der Waals surface area contributed by atoms with E-state index in [1.165, 1.54) is 0 Å². The van der Waals surface area contributed by atoms with Crippen LogP contribution in [-0.2, 0) is 0 Å². The second kappa shape index (κ2) is 1.93. The molecule has 52 valence electrons. The summed E-state index contributed by atoms with van der Waals surface area (Å²) in [5.74, 6) is -2.37. The van der Waals surface area contributed by atoms with E-state index >= 15 is 0 Å². The van der Waals surface area contributed by atoms with Crippen LogP contribution in [0.2, 0.25) is 0 Å². The third kappa shape index (κ3) is 1.62. The smallest absolute Gasteiger partial charge is 0.265 e. The van der Waals surface area contributed by atoms with Gasteiger partial charge in [-0.05, 0) is 0 Å². The van der Waals surface area contributed by atoms with Crippen molar-refractivity contribution in [2.75, 3.05) is 6.54 Å². The van der Waals surface area contributed by atoms with Crippen molar-refractivity contribution in [3.05, 3.63) is 0 Å². The zero-order valence-electron chi connectivity index (χ0n) is 4.88. The lowest BCUT2D eigenvalue weighted by atomic mass is 10.1. The van der Waals surface area contributed by atoms with E-state index in [0.717, 1.165) is 0 Å². The lowest BCUT2D eigenvalue weighted by Gasteiger charge is -2.23. The molecule has 0 amide bonds. The molecule has 0 aromatic rings. The molecule has 1 heterocycles. The van der Waals surface area contributed by atoms with Crippen molar-refractivity contribution in [3.8, 4) is 0 Å². The molecule has 2 nitrogen and oxygen atoms in total. The monoisotopic (exact) mass is 134 g/mol. The van der Waals surface area contributed by atoms with Crippen LogP contribution in [0.1, 0.15) is 12.8 Å². The molecular formula is C5H8F2N2. The van der Waals surface area contributed by atoms with Crippen molar-refractivity contribution >= 4 is 5.84 Å². The van der Waals surface area contributed by atoms with Gasteiger partial charge in [-0.1, -0.05) is 0 Å². The Hall–Kier alpha value is -0.670. The van der Waals surface area contributed by atoms with Gasteiger partial charge in [0.25, 0.3) is 5.92 Å². The molecule has 1 aliphatic rings. The molecule has 0 aromatic heterocycles. The summed E-state index contributed by atoms with van der Waals surface area (Å²) in [6.07, 6.45) is -0.00810. The third-order valence-electron chi connectivity index (χ3n) is 1.30. The van der Waals surface area contributed by atoms with E-state index in [1.807, 2.05) is 0 Å². The van der Waals surface area contributed by atoms with Crippen LogP contribution in [0.15, 0.2) is 0 Å². The molecule has 4 heteroatoms. The molecule has 2 N–H and O–H groups in total. The summed E-state index contributed by atoms with van der Waals surface area (Å²) in [6.45, 7) is -0.369. The largest absolute Gasteiger partial charge is 0.368 e. The molecule has 0 saturated carbocycles. The fourth-order valence-corrected chi connectivity index (χ4v) is 0.721. The number of amidine groups is 1. The summed E-state index contributed by atoms with van der Waals surface area (Å²) < 4.78 is 24.4. The van der Waals surface area contributed by atoms with E-state index < -0.39 is 5.92 Å². The molecule has 0 aromatic carbocycles. The number of nitrogens with one attached hydrogen (secondary N) is 2. The number of hydrogen-bond acceptors (Lipinski definition) is 1. The van der Waals surface area contributed by atoms with E-state index in [0.29, 0.717) is 0 Å². The zero-order chi connectivity index (χ0) is 6.91. The first-order chi connectivity index (χ1) is 4.10. The summed E-state index contributed by atoms with van der Waals surface area (Å²) >= 11 is 0. The Morgan fingerprint density at radius 2 is 2.22 bits per heavy atom. The standard InChI is InChI=1S/C5H8F2N2/c6-5(7)2-1-4(8)9-3-5/h1-3H2,(H2,8,9). The highest BCUT2D eigenvalue weighted by molar-refractivity contribution is 5.79. The Labute approximate surface area is 51.8 Å². The Morgan fingerprint density at radius 1 is 1.56 bits per heavy atom. The molecule has 0 bridgehead atoms. The zero-order valence-corrected chi connectivity index (χ0v) is 4.88. The number of rotatable bonds is 0. The van der Waals surface area contributed by atoms with E-state index in [2.05, 4.69) is 5.32 Å². The SMILES string of the molecule is N=C1CCC(F)(F)CN1. The van der Waals surface area contributed by atoms with Gasteiger partial charge in [-0.25, -0.2) is 8.78 Å². The maximum atomic E-state index is 12.2.